The fourth-order valence-electron chi connectivity index (χ4n) is 2.48. The van der Waals surface area contributed by atoms with Gasteiger partial charge in [0, 0.05) is 44.5 Å². The molecule has 0 spiro atoms. The fraction of sp³-hybridized carbons (Fsp3) is 0.714. The van der Waals surface area contributed by atoms with Gasteiger partial charge in [0.05, 0.1) is 12.8 Å². The van der Waals surface area contributed by atoms with Crippen LogP contribution in [-0.4, -0.2) is 52.9 Å². The lowest BCUT2D eigenvalue weighted by atomic mass is 10.1. The third-order valence-corrected chi connectivity index (χ3v) is 3.44. The molecule has 20 heavy (non-hydrogen) atoms. The van der Waals surface area contributed by atoms with E-state index in [1.54, 1.807) is 0 Å². The lowest BCUT2D eigenvalue weighted by molar-refractivity contribution is -0.150. The van der Waals surface area contributed by atoms with Crippen molar-refractivity contribution in [1.29, 1.82) is 0 Å². The molecule has 1 aromatic rings. The topological polar surface area (TPSA) is 59.4 Å². The summed E-state index contributed by atoms with van der Waals surface area (Å²) in [6.07, 6.45) is 5.02. The highest BCUT2D eigenvalue weighted by atomic mass is 16.5. The van der Waals surface area contributed by atoms with Crippen LogP contribution in [0.25, 0.3) is 0 Å². The van der Waals surface area contributed by atoms with Gasteiger partial charge in [-0.15, -0.1) is 0 Å². The number of aryl methyl sites for hydroxylation is 1. The molecule has 1 unspecified atom stereocenters. The Morgan fingerprint density at radius 1 is 1.55 bits per heavy atom. The molecule has 6 nitrogen and oxygen atoms in total. The minimum Gasteiger partial charge on any atom is -0.465 e. The van der Waals surface area contributed by atoms with Crippen LogP contribution in [0.4, 0.5) is 0 Å². The molecule has 2 rings (SSSR count). The minimum absolute atomic E-state index is 0.138. The summed E-state index contributed by atoms with van der Waals surface area (Å²) in [5.74, 6) is -0.138. The Labute approximate surface area is 120 Å². The normalized spacial score (nSPS) is 20.0. The van der Waals surface area contributed by atoms with Gasteiger partial charge < -0.3 is 10.1 Å². The molecule has 0 bridgehead atoms. The summed E-state index contributed by atoms with van der Waals surface area (Å²) in [5.41, 5.74) is 1.15. The van der Waals surface area contributed by atoms with Crippen molar-refractivity contribution in [1.82, 2.24) is 20.0 Å². The van der Waals surface area contributed by atoms with Crippen molar-refractivity contribution in [3.63, 3.8) is 0 Å². The molecule has 0 aliphatic carbocycles. The average molecular weight is 280 g/mol. The number of carbonyl (C=O) groups is 1. The number of rotatable bonds is 6. The van der Waals surface area contributed by atoms with E-state index in [9.17, 15) is 4.79 Å². The Morgan fingerprint density at radius 3 is 3.15 bits per heavy atom. The molecule has 1 aromatic heterocycles. The van der Waals surface area contributed by atoms with Crippen molar-refractivity contribution in [3.05, 3.63) is 18.0 Å². The lowest BCUT2D eigenvalue weighted by Gasteiger charge is -2.34. The maximum atomic E-state index is 12.0. The SMILES string of the molecule is CCCn1cc(CN2CCNCC2C(=O)OCC)cn1. The van der Waals surface area contributed by atoms with Crippen molar-refractivity contribution in [2.75, 3.05) is 26.2 Å². The predicted octanol–water partition coefficient (Wildman–Crippen LogP) is 0.630. The van der Waals surface area contributed by atoms with Crippen molar-refractivity contribution >= 4 is 5.97 Å². The molecule has 0 aromatic carbocycles. The van der Waals surface area contributed by atoms with Crippen LogP contribution in [0, 0.1) is 0 Å². The third kappa shape index (κ3) is 3.80. The first-order chi connectivity index (χ1) is 9.74. The highest BCUT2D eigenvalue weighted by Gasteiger charge is 2.29. The highest BCUT2D eigenvalue weighted by Crippen LogP contribution is 2.11. The van der Waals surface area contributed by atoms with Crippen LogP contribution in [0.3, 0.4) is 0 Å². The summed E-state index contributed by atoms with van der Waals surface area (Å²) in [6, 6.07) is -0.196. The minimum atomic E-state index is -0.196. The largest absolute Gasteiger partial charge is 0.465 e. The van der Waals surface area contributed by atoms with Crippen LogP contribution >= 0.6 is 0 Å². The van der Waals surface area contributed by atoms with Crippen molar-refractivity contribution < 1.29 is 9.53 Å². The molecule has 1 fully saturated rings. The second kappa shape index (κ2) is 7.40. The quantitative estimate of drug-likeness (QED) is 0.775. The van der Waals surface area contributed by atoms with E-state index in [2.05, 4.69) is 28.4 Å². The number of nitrogens with zero attached hydrogens (tertiary/aromatic N) is 3. The monoisotopic (exact) mass is 280 g/mol. The molecule has 0 amide bonds. The summed E-state index contributed by atoms with van der Waals surface area (Å²) in [6.45, 7) is 8.49. The fourth-order valence-corrected chi connectivity index (χ4v) is 2.48. The first-order valence-corrected chi connectivity index (χ1v) is 7.37. The zero-order valence-electron chi connectivity index (χ0n) is 12.3. The maximum Gasteiger partial charge on any atom is 0.324 e. The number of carbonyl (C=O) groups excluding carboxylic acids is 1. The Morgan fingerprint density at radius 2 is 2.40 bits per heavy atom. The zero-order valence-corrected chi connectivity index (χ0v) is 12.3. The van der Waals surface area contributed by atoms with E-state index in [0.717, 1.165) is 38.2 Å². The summed E-state index contributed by atoms with van der Waals surface area (Å²) in [7, 11) is 0. The van der Waals surface area contributed by atoms with Crippen LogP contribution < -0.4 is 5.32 Å². The van der Waals surface area contributed by atoms with E-state index in [1.165, 1.54) is 0 Å². The molecule has 1 atom stereocenters. The van der Waals surface area contributed by atoms with E-state index >= 15 is 0 Å². The highest BCUT2D eigenvalue weighted by molar-refractivity contribution is 5.76. The number of esters is 1. The van der Waals surface area contributed by atoms with Gasteiger partial charge >= 0.3 is 5.97 Å². The van der Waals surface area contributed by atoms with E-state index in [0.29, 0.717) is 13.2 Å². The van der Waals surface area contributed by atoms with Crippen LogP contribution in [0.5, 0.6) is 0 Å². The second-order valence-corrected chi connectivity index (χ2v) is 5.05. The molecule has 112 valence electrons. The Bertz CT molecular complexity index is 433. The first-order valence-electron chi connectivity index (χ1n) is 7.37. The molecule has 0 saturated carbocycles. The molecular weight excluding hydrogens is 256 g/mol. The molecule has 6 heteroatoms. The van der Waals surface area contributed by atoms with Gasteiger partial charge in [0.25, 0.3) is 0 Å². The van der Waals surface area contributed by atoms with Crippen LogP contribution in [-0.2, 0) is 22.6 Å². The van der Waals surface area contributed by atoms with Gasteiger partial charge in [-0.25, -0.2) is 0 Å². The average Bonchev–Trinajstić information content (AvgIpc) is 2.87. The molecule has 1 N–H and O–H groups in total. The van der Waals surface area contributed by atoms with E-state index in [-0.39, 0.29) is 12.0 Å². The van der Waals surface area contributed by atoms with Crippen molar-refractivity contribution in [2.24, 2.45) is 0 Å². The van der Waals surface area contributed by atoms with Gasteiger partial charge in [-0.2, -0.15) is 5.10 Å². The molecular formula is C14H24N4O2. The Kier molecular flexibility index (Phi) is 5.55. The molecule has 2 heterocycles. The summed E-state index contributed by atoms with van der Waals surface area (Å²) < 4.78 is 7.11. The Balaban J connectivity index is 1.98. The predicted molar refractivity (Wildman–Crippen MR) is 76.2 cm³/mol. The lowest BCUT2D eigenvalue weighted by Crippen LogP contribution is -2.54. The van der Waals surface area contributed by atoms with Gasteiger partial charge in [-0.05, 0) is 13.3 Å². The molecule has 1 aliphatic rings. The number of ether oxygens (including phenoxy) is 1. The van der Waals surface area contributed by atoms with E-state index < -0.39 is 0 Å². The summed E-state index contributed by atoms with van der Waals surface area (Å²) in [4.78, 5) is 14.2. The summed E-state index contributed by atoms with van der Waals surface area (Å²) >= 11 is 0. The van der Waals surface area contributed by atoms with E-state index in [1.807, 2.05) is 17.8 Å². The maximum absolute atomic E-state index is 12.0. The van der Waals surface area contributed by atoms with Gasteiger partial charge in [-0.3, -0.25) is 14.4 Å². The third-order valence-electron chi connectivity index (χ3n) is 3.44. The van der Waals surface area contributed by atoms with Gasteiger partial charge in [0.1, 0.15) is 6.04 Å². The molecule has 0 radical (unpaired) electrons. The zero-order chi connectivity index (χ0) is 14.4. The van der Waals surface area contributed by atoms with Gasteiger partial charge in [0.2, 0.25) is 0 Å². The van der Waals surface area contributed by atoms with Gasteiger partial charge in [0.15, 0.2) is 0 Å². The number of hydrogen-bond donors (Lipinski definition) is 1. The number of nitrogens with one attached hydrogen (secondary N) is 1. The Hall–Kier alpha value is -1.40. The van der Waals surface area contributed by atoms with E-state index in [4.69, 9.17) is 4.74 Å². The number of aromatic nitrogens is 2. The molecule has 1 saturated heterocycles. The smallest absolute Gasteiger partial charge is 0.324 e. The van der Waals surface area contributed by atoms with Crippen LogP contribution in [0.1, 0.15) is 25.8 Å². The second-order valence-electron chi connectivity index (χ2n) is 5.05. The number of piperazine rings is 1. The van der Waals surface area contributed by atoms with Crippen LogP contribution in [0.2, 0.25) is 0 Å². The summed E-state index contributed by atoms with van der Waals surface area (Å²) in [5, 5.41) is 7.59. The van der Waals surface area contributed by atoms with Gasteiger partial charge in [-0.1, -0.05) is 6.92 Å². The standard InChI is InChI=1S/C14H24N4O2/c1-3-6-18-11-12(8-16-18)10-17-7-5-15-9-13(17)14(19)20-4-2/h8,11,13,15H,3-7,9-10H2,1-2H3. The number of hydrogen-bond acceptors (Lipinski definition) is 5. The van der Waals surface area contributed by atoms with Crippen molar-refractivity contribution in [3.8, 4) is 0 Å². The van der Waals surface area contributed by atoms with Crippen LogP contribution in [0.15, 0.2) is 12.4 Å². The first kappa shape index (κ1) is 15.0. The molecule has 1 aliphatic heterocycles. The van der Waals surface area contributed by atoms with Crippen molar-refractivity contribution in [2.45, 2.75) is 39.4 Å².